The molecule has 5 nitrogen and oxygen atoms in total. The summed E-state index contributed by atoms with van der Waals surface area (Å²) in [6, 6.07) is 10.4. The predicted octanol–water partition coefficient (Wildman–Crippen LogP) is 3.18. The highest BCUT2D eigenvalue weighted by Crippen LogP contribution is 2.20. The molecule has 0 unspecified atom stereocenters. The molecule has 1 heterocycles. The van der Waals surface area contributed by atoms with Gasteiger partial charge in [-0.1, -0.05) is 12.1 Å². The number of anilines is 1. The van der Waals surface area contributed by atoms with Crippen molar-refractivity contribution in [2.75, 3.05) is 25.4 Å². The first-order chi connectivity index (χ1) is 13.4. The third-order valence-corrected chi connectivity index (χ3v) is 5.01. The minimum absolute atomic E-state index is 0. The lowest BCUT2D eigenvalue weighted by atomic mass is 9.95. The van der Waals surface area contributed by atoms with Crippen molar-refractivity contribution in [2.24, 2.45) is 5.92 Å². The van der Waals surface area contributed by atoms with E-state index in [1.165, 1.54) is 4.90 Å². The lowest BCUT2D eigenvalue weighted by Gasteiger charge is -2.31. The number of likely N-dealkylation sites (tertiary alicyclic amines) is 1. The summed E-state index contributed by atoms with van der Waals surface area (Å²) in [5.41, 5.74) is 7.30. The fourth-order valence-corrected chi connectivity index (χ4v) is 3.34. The zero-order valence-electron chi connectivity index (χ0n) is 15.9. The molecule has 1 saturated heterocycles. The Morgan fingerprint density at radius 3 is 2.34 bits per heavy atom. The van der Waals surface area contributed by atoms with E-state index in [2.05, 4.69) is 5.32 Å². The zero-order chi connectivity index (χ0) is 20.1. The smallest absolute Gasteiger partial charge is 0.256 e. The van der Waals surface area contributed by atoms with Crippen molar-refractivity contribution in [1.29, 1.82) is 0 Å². The molecule has 3 rings (SSSR count). The Balaban J connectivity index is 0.00000300. The van der Waals surface area contributed by atoms with E-state index in [1.54, 1.807) is 0 Å². The SMILES string of the molecule is Cl.Nc1ccc(CCNC(=O)C2CCN(C(=O)c3ccc(F)cc3F)CC2)cc1. The van der Waals surface area contributed by atoms with Gasteiger partial charge in [-0.25, -0.2) is 8.78 Å². The van der Waals surface area contributed by atoms with Crippen LogP contribution in [0.4, 0.5) is 14.5 Å². The zero-order valence-corrected chi connectivity index (χ0v) is 16.7. The Morgan fingerprint density at radius 1 is 1.07 bits per heavy atom. The molecule has 2 aromatic rings. The molecule has 0 bridgehead atoms. The number of nitrogens with zero attached hydrogens (tertiary/aromatic N) is 1. The number of hydrogen-bond acceptors (Lipinski definition) is 3. The lowest BCUT2D eigenvalue weighted by molar-refractivity contribution is -0.126. The van der Waals surface area contributed by atoms with Gasteiger partial charge < -0.3 is 16.0 Å². The first-order valence-electron chi connectivity index (χ1n) is 9.30. The molecule has 0 aliphatic carbocycles. The molecule has 0 radical (unpaired) electrons. The average molecular weight is 424 g/mol. The maximum absolute atomic E-state index is 13.8. The van der Waals surface area contributed by atoms with Crippen LogP contribution in [0.15, 0.2) is 42.5 Å². The van der Waals surface area contributed by atoms with Crippen LogP contribution in [0.25, 0.3) is 0 Å². The number of nitrogens with two attached hydrogens (primary N) is 1. The summed E-state index contributed by atoms with van der Waals surface area (Å²) in [4.78, 5) is 26.3. The molecule has 1 fully saturated rings. The van der Waals surface area contributed by atoms with Gasteiger partial charge in [-0.3, -0.25) is 9.59 Å². The predicted molar refractivity (Wildman–Crippen MR) is 110 cm³/mol. The number of carbonyl (C=O) groups is 2. The molecule has 1 aliphatic heterocycles. The monoisotopic (exact) mass is 423 g/mol. The topological polar surface area (TPSA) is 75.4 Å². The van der Waals surface area contributed by atoms with Crippen LogP contribution in [0, 0.1) is 17.6 Å². The minimum Gasteiger partial charge on any atom is -0.399 e. The fraction of sp³-hybridized carbons (Fsp3) is 0.333. The average Bonchev–Trinajstić information content (AvgIpc) is 2.69. The number of nitrogens with one attached hydrogen (secondary N) is 1. The van der Waals surface area contributed by atoms with Crippen LogP contribution in [0.3, 0.4) is 0 Å². The van der Waals surface area contributed by atoms with E-state index in [-0.39, 0.29) is 29.8 Å². The van der Waals surface area contributed by atoms with Crippen molar-refractivity contribution in [3.63, 3.8) is 0 Å². The highest BCUT2D eigenvalue weighted by Gasteiger charge is 2.28. The molecule has 2 aromatic carbocycles. The fourth-order valence-electron chi connectivity index (χ4n) is 3.34. The van der Waals surface area contributed by atoms with Gasteiger partial charge in [-0.05, 0) is 49.1 Å². The summed E-state index contributed by atoms with van der Waals surface area (Å²) in [5.74, 6) is -2.26. The second-order valence-corrected chi connectivity index (χ2v) is 6.97. The van der Waals surface area contributed by atoms with Crippen molar-refractivity contribution in [2.45, 2.75) is 19.3 Å². The molecule has 0 atom stereocenters. The Morgan fingerprint density at radius 2 is 1.72 bits per heavy atom. The number of benzene rings is 2. The minimum atomic E-state index is -0.868. The van der Waals surface area contributed by atoms with Crippen molar-refractivity contribution >= 4 is 29.9 Å². The Bertz CT molecular complexity index is 854. The van der Waals surface area contributed by atoms with Gasteiger partial charge >= 0.3 is 0 Å². The van der Waals surface area contributed by atoms with Crippen LogP contribution in [-0.4, -0.2) is 36.3 Å². The summed E-state index contributed by atoms with van der Waals surface area (Å²) in [6.07, 6.45) is 1.75. The van der Waals surface area contributed by atoms with Gasteiger partial charge in [0.2, 0.25) is 5.91 Å². The number of halogens is 3. The lowest BCUT2D eigenvalue weighted by Crippen LogP contribution is -2.43. The molecule has 29 heavy (non-hydrogen) atoms. The van der Waals surface area contributed by atoms with Gasteiger partial charge in [0.25, 0.3) is 5.91 Å². The van der Waals surface area contributed by atoms with Crippen LogP contribution in [-0.2, 0) is 11.2 Å². The van der Waals surface area contributed by atoms with Gasteiger partial charge in [-0.15, -0.1) is 12.4 Å². The second-order valence-electron chi connectivity index (χ2n) is 6.97. The van der Waals surface area contributed by atoms with E-state index in [0.717, 1.165) is 17.7 Å². The van der Waals surface area contributed by atoms with Crippen molar-refractivity contribution < 1.29 is 18.4 Å². The second kappa shape index (κ2) is 10.2. The van der Waals surface area contributed by atoms with E-state index >= 15 is 0 Å². The van der Waals surface area contributed by atoms with Crippen molar-refractivity contribution in [1.82, 2.24) is 10.2 Å². The molecular formula is C21H24ClF2N3O2. The highest BCUT2D eigenvalue weighted by atomic mass is 35.5. The van der Waals surface area contributed by atoms with E-state index in [4.69, 9.17) is 5.73 Å². The molecule has 8 heteroatoms. The quantitative estimate of drug-likeness (QED) is 0.725. The number of amides is 2. The normalized spacial score (nSPS) is 14.2. The van der Waals surface area contributed by atoms with E-state index in [0.29, 0.717) is 50.7 Å². The van der Waals surface area contributed by atoms with E-state index in [9.17, 15) is 18.4 Å². The molecule has 1 aliphatic rings. The van der Waals surface area contributed by atoms with E-state index < -0.39 is 17.5 Å². The first kappa shape index (κ1) is 22.6. The summed E-state index contributed by atoms with van der Waals surface area (Å²) >= 11 is 0. The Kier molecular flexibility index (Phi) is 7.96. The largest absolute Gasteiger partial charge is 0.399 e. The molecular weight excluding hydrogens is 400 g/mol. The maximum atomic E-state index is 13.8. The molecule has 0 spiro atoms. The van der Waals surface area contributed by atoms with Gasteiger partial charge in [0.15, 0.2) is 0 Å². The number of hydrogen-bond donors (Lipinski definition) is 2. The van der Waals surface area contributed by atoms with Crippen LogP contribution in [0.2, 0.25) is 0 Å². The summed E-state index contributed by atoms with van der Waals surface area (Å²) in [6.45, 7) is 1.26. The molecule has 3 N–H and O–H groups in total. The van der Waals surface area contributed by atoms with Crippen molar-refractivity contribution in [3.05, 3.63) is 65.2 Å². The van der Waals surface area contributed by atoms with Gasteiger partial charge in [0.1, 0.15) is 11.6 Å². The molecule has 2 amide bonds. The molecule has 0 aromatic heterocycles. The number of rotatable bonds is 5. The maximum Gasteiger partial charge on any atom is 0.256 e. The first-order valence-corrected chi connectivity index (χ1v) is 9.30. The standard InChI is InChI=1S/C21H23F2N3O2.ClH/c22-16-3-6-18(19(23)13-16)21(28)26-11-8-15(9-12-26)20(27)25-10-7-14-1-4-17(24)5-2-14;/h1-6,13,15H,7-12,24H2,(H,25,27);1H. The van der Waals surface area contributed by atoms with Gasteiger partial charge in [-0.2, -0.15) is 0 Å². The van der Waals surface area contributed by atoms with Crippen LogP contribution in [0.1, 0.15) is 28.8 Å². The summed E-state index contributed by atoms with van der Waals surface area (Å²) < 4.78 is 26.8. The van der Waals surface area contributed by atoms with Crippen LogP contribution in [0.5, 0.6) is 0 Å². The number of carbonyl (C=O) groups excluding carboxylic acids is 2. The molecule has 156 valence electrons. The van der Waals surface area contributed by atoms with E-state index in [1.807, 2.05) is 24.3 Å². The summed E-state index contributed by atoms with van der Waals surface area (Å²) in [7, 11) is 0. The number of piperidine rings is 1. The van der Waals surface area contributed by atoms with Gasteiger partial charge in [0.05, 0.1) is 5.56 Å². The summed E-state index contributed by atoms with van der Waals surface area (Å²) in [5, 5.41) is 2.93. The number of nitrogen functional groups attached to an aromatic ring is 1. The van der Waals surface area contributed by atoms with Gasteiger partial charge in [0, 0.05) is 37.3 Å². The Labute approximate surface area is 174 Å². The third-order valence-electron chi connectivity index (χ3n) is 5.01. The highest BCUT2D eigenvalue weighted by molar-refractivity contribution is 5.94. The Hall–Kier alpha value is -2.67. The molecule has 0 saturated carbocycles. The van der Waals surface area contributed by atoms with Crippen LogP contribution < -0.4 is 11.1 Å². The third kappa shape index (κ3) is 5.90. The van der Waals surface area contributed by atoms with Crippen molar-refractivity contribution in [3.8, 4) is 0 Å². The van der Waals surface area contributed by atoms with Crippen LogP contribution >= 0.6 is 12.4 Å².